The molecule has 1 aliphatic heterocycles. The molecule has 4 atom stereocenters. The number of rotatable bonds is 17. The quantitative estimate of drug-likeness (QED) is 0.0828. The Morgan fingerprint density at radius 2 is 1.70 bits per heavy atom. The third kappa shape index (κ3) is 9.52. The monoisotopic (exact) mass is 706 g/mol. The van der Waals surface area contributed by atoms with Crippen molar-refractivity contribution in [2.75, 3.05) is 19.6 Å². The molecule has 1 fully saturated rings. The van der Waals surface area contributed by atoms with E-state index in [1.165, 1.54) is 39.7 Å². The fraction of sp³-hybridized carbons (Fsp3) is 0.417. The SMILES string of the molecule is CC[C@H](C)[C@@H](C(=O)N[C@@H](Cc1ccccc1)[C@@H](O)CN(CC(C)C)S(=O)(=O)c1ccc(C=NO)cc1)N1CC(=O)N(Cc2cccnc2)C1=O. The van der Waals surface area contributed by atoms with Crippen molar-refractivity contribution in [2.45, 2.75) is 70.2 Å². The fourth-order valence-corrected chi connectivity index (χ4v) is 7.53. The maximum atomic E-state index is 14.2. The summed E-state index contributed by atoms with van der Waals surface area (Å²) in [7, 11) is -4.10. The maximum absolute atomic E-state index is 14.2. The van der Waals surface area contributed by atoms with Gasteiger partial charge in [0, 0.05) is 25.5 Å². The van der Waals surface area contributed by atoms with Crippen molar-refractivity contribution >= 4 is 34.1 Å². The second-order valence-corrected chi connectivity index (χ2v) is 14.9. The zero-order valence-corrected chi connectivity index (χ0v) is 29.6. The first-order chi connectivity index (χ1) is 23.8. The summed E-state index contributed by atoms with van der Waals surface area (Å²) >= 11 is 0. The van der Waals surface area contributed by atoms with Crippen LogP contribution in [0.15, 0.2) is 89.2 Å². The van der Waals surface area contributed by atoms with E-state index in [2.05, 4.69) is 15.5 Å². The molecule has 0 unspecified atom stereocenters. The number of carbonyl (C=O) groups is 3. The summed E-state index contributed by atoms with van der Waals surface area (Å²) in [5, 5.41) is 26.5. The van der Waals surface area contributed by atoms with E-state index in [1.54, 1.807) is 24.5 Å². The minimum atomic E-state index is -4.10. The summed E-state index contributed by atoms with van der Waals surface area (Å²) in [6, 6.07) is 15.9. The zero-order chi connectivity index (χ0) is 36.4. The number of urea groups is 1. The first kappa shape index (κ1) is 38.1. The van der Waals surface area contributed by atoms with E-state index in [4.69, 9.17) is 5.21 Å². The van der Waals surface area contributed by atoms with Crippen molar-refractivity contribution < 1.29 is 33.1 Å². The number of sulfonamides is 1. The second-order valence-electron chi connectivity index (χ2n) is 13.0. The van der Waals surface area contributed by atoms with Crippen LogP contribution in [0.4, 0.5) is 4.79 Å². The van der Waals surface area contributed by atoms with Gasteiger partial charge in [-0.25, -0.2) is 13.2 Å². The molecule has 2 heterocycles. The number of nitrogens with one attached hydrogen (secondary N) is 1. The zero-order valence-electron chi connectivity index (χ0n) is 28.8. The van der Waals surface area contributed by atoms with E-state index in [0.717, 1.165) is 10.5 Å². The van der Waals surface area contributed by atoms with Gasteiger partial charge in [-0.1, -0.05) is 87.8 Å². The minimum absolute atomic E-state index is 0.00558. The van der Waals surface area contributed by atoms with Gasteiger partial charge in [-0.15, -0.1) is 0 Å². The Hall–Kier alpha value is -4.66. The van der Waals surface area contributed by atoms with Crippen LogP contribution in [0.3, 0.4) is 0 Å². The number of hydrogen-bond acceptors (Lipinski definition) is 9. The van der Waals surface area contributed by atoms with E-state index in [1.807, 2.05) is 58.0 Å². The van der Waals surface area contributed by atoms with Crippen LogP contribution in [0.2, 0.25) is 0 Å². The van der Waals surface area contributed by atoms with Crippen LogP contribution in [0, 0.1) is 11.8 Å². The van der Waals surface area contributed by atoms with Crippen molar-refractivity contribution in [1.29, 1.82) is 0 Å². The Bertz CT molecular complexity index is 1720. The fourth-order valence-electron chi connectivity index (χ4n) is 5.91. The van der Waals surface area contributed by atoms with Gasteiger partial charge in [0.1, 0.15) is 12.6 Å². The van der Waals surface area contributed by atoms with E-state index in [-0.39, 0.29) is 49.3 Å². The third-order valence-corrected chi connectivity index (χ3v) is 10.6. The first-order valence-electron chi connectivity index (χ1n) is 16.7. The molecule has 268 valence electrons. The highest BCUT2D eigenvalue weighted by atomic mass is 32.2. The van der Waals surface area contributed by atoms with Gasteiger partial charge in [-0.2, -0.15) is 4.31 Å². The summed E-state index contributed by atoms with van der Waals surface area (Å²) in [5.74, 6) is -1.44. The molecule has 0 spiro atoms. The highest BCUT2D eigenvalue weighted by molar-refractivity contribution is 7.89. The van der Waals surface area contributed by atoms with Crippen molar-refractivity contribution in [1.82, 2.24) is 24.4 Å². The van der Waals surface area contributed by atoms with Gasteiger partial charge < -0.3 is 20.5 Å². The van der Waals surface area contributed by atoms with Gasteiger partial charge in [0.15, 0.2) is 0 Å². The smallest absolute Gasteiger partial charge is 0.328 e. The number of hydrogen-bond donors (Lipinski definition) is 3. The summed E-state index contributed by atoms with van der Waals surface area (Å²) in [4.78, 5) is 47.3. The van der Waals surface area contributed by atoms with E-state index < -0.39 is 46.1 Å². The molecule has 14 heteroatoms. The Labute approximate surface area is 293 Å². The van der Waals surface area contributed by atoms with E-state index in [0.29, 0.717) is 17.5 Å². The average molecular weight is 707 g/mol. The molecule has 13 nitrogen and oxygen atoms in total. The predicted molar refractivity (Wildman–Crippen MR) is 188 cm³/mol. The highest BCUT2D eigenvalue weighted by Gasteiger charge is 2.45. The van der Waals surface area contributed by atoms with Crippen LogP contribution in [-0.4, -0.2) is 99.7 Å². The van der Waals surface area contributed by atoms with Crippen molar-refractivity contribution in [3.63, 3.8) is 0 Å². The summed E-state index contributed by atoms with van der Waals surface area (Å²) in [6.45, 7) is 6.94. The summed E-state index contributed by atoms with van der Waals surface area (Å²) in [5.41, 5.74) is 1.97. The Balaban J connectivity index is 1.61. The normalized spacial score (nSPS) is 16.3. The molecule has 0 radical (unpaired) electrons. The molecule has 0 saturated carbocycles. The summed E-state index contributed by atoms with van der Waals surface area (Å²) < 4.78 is 28.9. The van der Waals surface area contributed by atoms with Gasteiger partial charge in [-0.3, -0.25) is 19.5 Å². The van der Waals surface area contributed by atoms with Gasteiger partial charge in [0.05, 0.1) is 29.8 Å². The maximum Gasteiger partial charge on any atom is 0.328 e. The lowest BCUT2D eigenvalue weighted by Crippen LogP contribution is -2.57. The number of imide groups is 1. The van der Waals surface area contributed by atoms with E-state index in [9.17, 15) is 27.9 Å². The lowest BCUT2D eigenvalue weighted by molar-refractivity contribution is -0.129. The van der Waals surface area contributed by atoms with Crippen molar-refractivity contribution in [3.8, 4) is 0 Å². The van der Waals surface area contributed by atoms with Crippen LogP contribution in [0.25, 0.3) is 0 Å². The molecular weight excluding hydrogens is 660 g/mol. The summed E-state index contributed by atoms with van der Waals surface area (Å²) in [6.07, 6.45) is 3.68. The number of pyridine rings is 1. The molecule has 4 amide bonds. The Kier molecular flexibility index (Phi) is 13.2. The number of nitrogens with zero attached hydrogens (tertiary/aromatic N) is 5. The van der Waals surface area contributed by atoms with Crippen molar-refractivity contribution in [2.24, 2.45) is 17.0 Å². The molecule has 1 aromatic heterocycles. The van der Waals surface area contributed by atoms with Crippen LogP contribution < -0.4 is 5.32 Å². The lowest BCUT2D eigenvalue weighted by atomic mass is 9.95. The number of aliphatic hydroxyl groups excluding tert-OH is 1. The van der Waals surface area contributed by atoms with Crippen LogP contribution in [-0.2, 0) is 32.6 Å². The molecular formula is C36H46N6O7S. The first-order valence-corrected chi connectivity index (χ1v) is 18.1. The number of aliphatic hydroxyl groups is 1. The molecule has 1 aliphatic rings. The average Bonchev–Trinajstić information content (AvgIpc) is 3.36. The van der Waals surface area contributed by atoms with Crippen molar-refractivity contribution in [3.05, 3.63) is 95.8 Å². The number of amides is 4. The van der Waals surface area contributed by atoms with E-state index >= 15 is 0 Å². The van der Waals surface area contributed by atoms with Gasteiger partial charge in [0.2, 0.25) is 15.9 Å². The number of benzene rings is 2. The third-order valence-electron chi connectivity index (χ3n) is 8.71. The predicted octanol–water partition coefficient (Wildman–Crippen LogP) is 3.50. The molecule has 0 bridgehead atoms. The van der Waals surface area contributed by atoms with Gasteiger partial charge >= 0.3 is 6.03 Å². The molecule has 3 aromatic rings. The minimum Gasteiger partial charge on any atom is -0.411 e. The molecule has 50 heavy (non-hydrogen) atoms. The van der Waals surface area contributed by atoms with Gasteiger partial charge in [0.25, 0.3) is 5.91 Å². The number of carbonyl (C=O) groups excluding carboxylic acids is 3. The standard InChI is InChI=1S/C36H46N6O7S/c1-5-26(4)34(42-24-33(44)41(36(42)46)22-29-12-9-17-37-19-29)35(45)39-31(18-27-10-7-6-8-11-27)32(43)23-40(21-25(2)3)50(48,49)30-15-13-28(14-16-30)20-38-47/h6-17,19-20,25-26,31-32,34,43,47H,5,18,21-24H2,1-4H3,(H,39,45)/t26-,31-,32-,34-/m0/s1. The molecule has 1 saturated heterocycles. The van der Waals surface area contributed by atoms with Crippen LogP contribution >= 0.6 is 0 Å². The topological polar surface area (TPSA) is 173 Å². The second kappa shape index (κ2) is 17.3. The lowest BCUT2D eigenvalue weighted by Gasteiger charge is -2.34. The molecule has 0 aliphatic carbocycles. The molecule has 2 aromatic carbocycles. The number of aromatic nitrogens is 1. The Morgan fingerprint density at radius 1 is 1.02 bits per heavy atom. The number of oxime groups is 1. The van der Waals surface area contributed by atoms with Crippen LogP contribution in [0.5, 0.6) is 0 Å². The highest BCUT2D eigenvalue weighted by Crippen LogP contribution is 2.24. The van der Waals surface area contributed by atoms with Crippen LogP contribution in [0.1, 0.15) is 50.8 Å². The molecule has 3 N–H and O–H groups in total. The Morgan fingerprint density at radius 3 is 2.30 bits per heavy atom. The van der Waals surface area contributed by atoms with Gasteiger partial charge in [-0.05, 0) is 53.1 Å². The molecule has 4 rings (SSSR count). The largest absolute Gasteiger partial charge is 0.411 e.